The summed E-state index contributed by atoms with van der Waals surface area (Å²) in [6.45, 7) is 1.36. The van der Waals surface area contributed by atoms with Crippen molar-refractivity contribution in [3.63, 3.8) is 0 Å². The van der Waals surface area contributed by atoms with Gasteiger partial charge < -0.3 is 10.1 Å². The first-order chi connectivity index (χ1) is 11.8. The van der Waals surface area contributed by atoms with Gasteiger partial charge in [0.2, 0.25) is 0 Å². The highest BCUT2D eigenvalue weighted by atomic mass is 16.5. The fourth-order valence-corrected chi connectivity index (χ4v) is 3.47. The third-order valence-corrected chi connectivity index (χ3v) is 5.13. The summed E-state index contributed by atoms with van der Waals surface area (Å²) in [7, 11) is 0. The van der Waals surface area contributed by atoms with Crippen LogP contribution in [0.25, 0.3) is 0 Å². The van der Waals surface area contributed by atoms with Gasteiger partial charge in [-0.15, -0.1) is 0 Å². The van der Waals surface area contributed by atoms with Crippen LogP contribution < -0.4 is 5.32 Å². The predicted octanol–water partition coefficient (Wildman–Crippen LogP) is 2.23. The van der Waals surface area contributed by atoms with E-state index in [-0.39, 0.29) is 17.9 Å². The van der Waals surface area contributed by atoms with Crippen LogP contribution >= 0.6 is 0 Å². The summed E-state index contributed by atoms with van der Waals surface area (Å²) < 4.78 is 7.83. The summed E-state index contributed by atoms with van der Waals surface area (Å²) in [4.78, 5) is 12.4. The van der Waals surface area contributed by atoms with E-state index >= 15 is 0 Å². The zero-order valence-electron chi connectivity index (χ0n) is 13.6. The number of carbonyl (C=O) groups is 1. The maximum atomic E-state index is 12.4. The molecule has 0 bridgehead atoms. The molecular weight excluding hydrogens is 306 g/mol. The normalized spacial score (nSPS) is 24.5. The minimum atomic E-state index is -0.0582. The van der Waals surface area contributed by atoms with Crippen LogP contribution in [0.2, 0.25) is 0 Å². The van der Waals surface area contributed by atoms with E-state index in [2.05, 4.69) is 20.6 Å². The van der Waals surface area contributed by atoms with Crippen LogP contribution in [0.5, 0.6) is 0 Å². The van der Waals surface area contributed by atoms with Crippen molar-refractivity contribution < 1.29 is 9.53 Å². The average molecular weight is 329 g/mol. The first-order valence-electron chi connectivity index (χ1n) is 8.74. The van der Waals surface area contributed by atoms with E-state index in [4.69, 9.17) is 4.74 Å². The first kappa shape index (κ1) is 15.4. The van der Waals surface area contributed by atoms with Gasteiger partial charge in [-0.2, -0.15) is 10.2 Å². The van der Waals surface area contributed by atoms with Crippen LogP contribution in [0.4, 0.5) is 0 Å². The van der Waals surface area contributed by atoms with Crippen molar-refractivity contribution in [3.05, 3.63) is 35.9 Å². The standard InChI is InChI=1S/C17H23N5O2/c23-17(14-10-21-22(11-14)15-4-1-5-15)18-7-12-3-2-6-24-16(12)13-8-19-20-9-13/h8-12,15-16H,1-7H2,(H,18,23)(H,19,20)/t12-,16+/m0/s1. The van der Waals surface area contributed by atoms with Gasteiger partial charge in [-0.3, -0.25) is 14.6 Å². The number of amides is 1. The lowest BCUT2D eigenvalue weighted by atomic mass is 9.91. The topological polar surface area (TPSA) is 84.8 Å². The lowest BCUT2D eigenvalue weighted by Crippen LogP contribution is -2.35. The molecule has 0 spiro atoms. The van der Waals surface area contributed by atoms with Gasteiger partial charge in [0.15, 0.2) is 0 Å². The monoisotopic (exact) mass is 329 g/mol. The Morgan fingerprint density at radius 1 is 1.33 bits per heavy atom. The highest BCUT2D eigenvalue weighted by Crippen LogP contribution is 2.33. The van der Waals surface area contributed by atoms with Gasteiger partial charge in [0.1, 0.15) is 0 Å². The quantitative estimate of drug-likeness (QED) is 0.881. The van der Waals surface area contributed by atoms with Crippen molar-refractivity contribution in [2.45, 2.75) is 44.2 Å². The Bertz CT molecular complexity index is 677. The Labute approximate surface area is 140 Å². The lowest BCUT2D eigenvalue weighted by Gasteiger charge is -2.31. The summed E-state index contributed by atoms with van der Waals surface area (Å²) in [5.74, 6) is 0.207. The molecule has 1 saturated carbocycles. The molecule has 3 heterocycles. The number of hydrogen-bond acceptors (Lipinski definition) is 4. The summed E-state index contributed by atoms with van der Waals surface area (Å²) in [5.41, 5.74) is 1.69. The highest BCUT2D eigenvalue weighted by molar-refractivity contribution is 5.93. The largest absolute Gasteiger partial charge is 0.373 e. The molecule has 4 rings (SSSR count). The van der Waals surface area contributed by atoms with E-state index in [9.17, 15) is 4.79 Å². The molecule has 1 aliphatic heterocycles. The molecule has 2 aromatic rings. The number of nitrogens with zero attached hydrogens (tertiary/aromatic N) is 3. The molecule has 2 aromatic heterocycles. The summed E-state index contributed by atoms with van der Waals surface area (Å²) in [6, 6.07) is 0.476. The Morgan fingerprint density at radius 2 is 2.25 bits per heavy atom. The summed E-state index contributed by atoms with van der Waals surface area (Å²) >= 11 is 0. The first-order valence-corrected chi connectivity index (χ1v) is 8.74. The van der Waals surface area contributed by atoms with E-state index < -0.39 is 0 Å². The van der Waals surface area contributed by atoms with Gasteiger partial charge in [-0.1, -0.05) is 0 Å². The molecule has 0 radical (unpaired) electrons. The fourth-order valence-electron chi connectivity index (χ4n) is 3.47. The third kappa shape index (κ3) is 3.08. The Hall–Kier alpha value is -2.15. The van der Waals surface area contributed by atoms with Crippen LogP contribution in [0.3, 0.4) is 0 Å². The number of aromatic amines is 1. The van der Waals surface area contributed by atoms with Crippen LogP contribution in [0.1, 0.15) is 60.2 Å². The number of aromatic nitrogens is 4. The maximum Gasteiger partial charge on any atom is 0.254 e. The van der Waals surface area contributed by atoms with Gasteiger partial charge in [0.05, 0.1) is 30.1 Å². The highest BCUT2D eigenvalue weighted by Gasteiger charge is 2.29. The van der Waals surface area contributed by atoms with Gasteiger partial charge >= 0.3 is 0 Å². The molecule has 128 valence electrons. The second-order valence-corrected chi connectivity index (χ2v) is 6.73. The molecule has 0 unspecified atom stereocenters. The second kappa shape index (κ2) is 6.76. The van der Waals surface area contributed by atoms with Crippen molar-refractivity contribution in [1.29, 1.82) is 0 Å². The molecule has 7 heteroatoms. The van der Waals surface area contributed by atoms with E-state index in [0.717, 1.165) is 37.9 Å². The molecule has 2 atom stereocenters. The number of H-pyrrole nitrogens is 1. The molecule has 2 N–H and O–H groups in total. The van der Waals surface area contributed by atoms with E-state index in [1.807, 2.05) is 17.1 Å². The van der Waals surface area contributed by atoms with Gasteiger partial charge in [-0.05, 0) is 32.1 Å². The Balaban J connectivity index is 1.36. The maximum absolute atomic E-state index is 12.4. The van der Waals surface area contributed by atoms with Gasteiger partial charge in [0.25, 0.3) is 5.91 Å². The second-order valence-electron chi connectivity index (χ2n) is 6.73. The van der Waals surface area contributed by atoms with Crippen molar-refractivity contribution >= 4 is 5.91 Å². The Morgan fingerprint density at radius 3 is 3.00 bits per heavy atom. The molecular formula is C17H23N5O2. The SMILES string of the molecule is O=C(NC[C@@H]1CCCO[C@H]1c1cn[nH]c1)c1cnn(C2CCC2)c1. The van der Waals surface area contributed by atoms with E-state index in [1.54, 1.807) is 12.4 Å². The molecule has 1 aliphatic carbocycles. The molecule has 1 amide bonds. The smallest absolute Gasteiger partial charge is 0.254 e. The number of nitrogens with one attached hydrogen (secondary N) is 2. The minimum Gasteiger partial charge on any atom is -0.373 e. The van der Waals surface area contributed by atoms with Crippen LogP contribution in [0, 0.1) is 5.92 Å². The zero-order chi connectivity index (χ0) is 16.4. The zero-order valence-corrected chi connectivity index (χ0v) is 13.6. The molecule has 1 saturated heterocycles. The predicted molar refractivity (Wildman–Crippen MR) is 87.5 cm³/mol. The van der Waals surface area contributed by atoms with Crippen LogP contribution in [-0.2, 0) is 4.74 Å². The fraction of sp³-hybridized carbons (Fsp3) is 0.588. The van der Waals surface area contributed by atoms with Crippen molar-refractivity contribution in [3.8, 4) is 0 Å². The minimum absolute atomic E-state index is 0.00417. The molecule has 24 heavy (non-hydrogen) atoms. The lowest BCUT2D eigenvalue weighted by molar-refractivity contribution is -0.0272. The molecule has 7 nitrogen and oxygen atoms in total. The Kier molecular flexibility index (Phi) is 4.34. The van der Waals surface area contributed by atoms with Gasteiger partial charge in [0, 0.05) is 37.0 Å². The van der Waals surface area contributed by atoms with E-state index in [0.29, 0.717) is 18.2 Å². The summed E-state index contributed by atoms with van der Waals surface area (Å²) in [5, 5.41) is 14.2. The third-order valence-electron chi connectivity index (χ3n) is 5.13. The van der Waals surface area contributed by atoms with Crippen LogP contribution in [-0.4, -0.2) is 39.0 Å². The molecule has 2 fully saturated rings. The van der Waals surface area contributed by atoms with Crippen LogP contribution in [0.15, 0.2) is 24.8 Å². The summed E-state index contributed by atoms with van der Waals surface area (Å²) in [6.07, 6.45) is 12.8. The molecule has 2 aliphatic rings. The number of hydrogen-bond donors (Lipinski definition) is 2. The van der Waals surface area contributed by atoms with Crippen molar-refractivity contribution in [2.24, 2.45) is 5.92 Å². The number of ether oxygens (including phenoxy) is 1. The van der Waals surface area contributed by atoms with Gasteiger partial charge in [-0.25, -0.2) is 0 Å². The van der Waals surface area contributed by atoms with E-state index in [1.165, 1.54) is 6.42 Å². The van der Waals surface area contributed by atoms with Crippen molar-refractivity contribution in [1.82, 2.24) is 25.3 Å². The average Bonchev–Trinajstić information content (AvgIpc) is 3.23. The number of rotatable bonds is 5. The number of carbonyl (C=O) groups excluding carboxylic acids is 1. The van der Waals surface area contributed by atoms with Crippen molar-refractivity contribution in [2.75, 3.05) is 13.2 Å². The molecule has 0 aromatic carbocycles.